The van der Waals surface area contributed by atoms with Crippen LogP contribution in [0.2, 0.25) is 0 Å². The molecule has 3 unspecified atom stereocenters. The SMILES string of the molecule is Cc1sccc1C(=O)C1CC2CCC1O2. The molecule has 0 aromatic carbocycles. The van der Waals surface area contributed by atoms with E-state index < -0.39 is 0 Å². The van der Waals surface area contributed by atoms with Crippen LogP contribution in [0.5, 0.6) is 0 Å². The maximum Gasteiger partial charge on any atom is 0.169 e. The maximum absolute atomic E-state index is 12.2. The summed E-state index contributed by atoms with van der Waals surface area (Å²) in [4.78, 5) is 13.4. The van der Waals surface area contributed by atoms with Crippen LogP contribution in [0.15, 0.2) is 11.4 Å². The van der Waals surface area contributed by atoms with Crippen LogP contribution in [-0.2, 0) is 4.74 Å². The normalized spacial score (nSPS) is 33.5. The van der Waals surface area contributed by atoms with Crippen molar-refractivity contribution in [1.29, 1.82) is 0 Å². The summed E-state index contributed by atoms with van der Waals surface area (Å²) in [6, 6.07) is 1.95. The fourth-order valence-electron chi connectivity index (χ4n) is 2.75. The van der Waals surface area contributed by atoms with Crippen molar-refractivity contribution in [3.63, 3.8) is 0 Å². The molecule has 2 fully saturated rings. The number of carbonyl (C=O) groups is 1. The molecular weight excluding hydrogens is 208 g/mol. The summed E-state index contributed by atoms with van der Waals surface area (Å²) in [7, 11) is 0. The van der Waals surface area contributed by atoms with Gasteiger partial charge < -0.3 is 4.74 Å². The summed E-state index contributed by atoms with van der Waals surface area (Å²) in [6.07, 6.45) is 3.74. The van der Waals surface area contributed by atoms with Crippen LogP contribution >= 0.6 is 11.3 Å². The average Bonchev–Trinajstić information content (AvgIpc) is 2.91. The third-order valence-corrected chi connectivity index (χ3v) is 4.41. The highest BCUT2D eigenvalue weighted by Crippen LogP contribution is 2.40. The van der Waals surface area contributed by atoms with Crippen molar-refractivity contribution in [3.05, 3.63) is 21.9 Å². The van der Waals surface area contributed by atoms with Crippen molar-refractivity contribution in [1.82, 2.24) is 0 Å². The molecule has 2 saturated heterocycles. The molecular formula is C12H14O2S. The molecule has 2 nitrogen and oxygen atoms in total. The third-order valence-electron chi connectivity index (χ3n) is 3.57. The highest BCUT2D eigenvalue weighted by atomic mass is 32.1. The zero-order valence-corrected chi connectivity index (χ0v) is 9.55. The number of ether oxygens (including phenoxy) is 1. The zero-order valence-electron chi connectivity index (χ0n) is 8.73. The standard InChI is InChI=1S/C12H14O2S/c1-7-9(4-5-15-7)12(13)10-6-8-2-3-11(10)14-8/h4-5,8,10-11H,2-3,6H2,1H3. The Morgan fingerprint density at radius 2 is 2.40 bits per heavy atom. The van der Waals surface area contributed by atoms with Crippen molar-refractivity contribution in [2.24, 2.45) is 5.92 Å². The Kier molecular flexibility index (Phi) is 2.18. The molecule has 0 aliphatic carbocycles. The molecule has 3 atom stereocenters. The van der Waals surface area contributed by atoms with Crippen LogP contribution in [0.4, 0.5) is 0 Å². The molecule has 0 amide bonds. The number of ketones is 1. The maximum atomic E-state index is 12.2. The van der Waals surface area contributed by atoms with Gasteiger partial charge in [-0.1, -0.05) is 0 Å². The summed E-state index contributed by atoms with van der Waals surface area (Å²) in [5, 5.41) is 2.00. The topological polar surface area (TPSA) is 26.3 Å². The monoisotopic (exact) mass is 222 g/mol. The van der Waals surface area contributed by atoms with E-state index in [1.54, 1.807) is 11.3 Å². The first-order valence-corrected chi connectivity index (χ1v) is 6.37. The second-order valence-electron chi connectivity index (χ2n) is 4.47. The number of carbonyl (C=O) groups excluding carboxylic acids is 1. The molecule has 3 heterocycles. The lowest BCUT2D eigenvalue weighted by Gasteiger charge is -2.16. The van der Waals surface area contributed by atoms with Crippen LogP contribution in [0.25, 0.3) is 0 Å². The molecule has 15 heavy (non-hydrogen) atoms. The number of hydrogen-bond acceptors (Lipinski definition) is 3. The Labute approximate surface area is 93.3 Å². The number of hydrogen-bond donors (Lipinski definition) is 0. The van der Waals surface area contributed by atoms with Crippen LogP contribution in [0.1, 0.15) is 34.5 Å². The number of Topliss-reactive ketones (excluding diaryl/α,β-unsaturated/α-hetero) is 1. The lowest BCUT2D eigenvalue weighted by Crippen LogP contribution is -2.25. The van der Waals surface area contributed by atoms with Gasteiger partial charge in [0.2, 0.25) is 0 Å². The second kappa shape index (κ2) is 3.42. The molecule has 2 aliphatic heterocycles. The van der Waals surface area contributed by atoms with Crippen LogP contribution in [0.3, 0.4) is 0 Å². The van der Waals surface area contributed by atoms with Gasteiger partial charge in [-0.2, -0.15) is 0 Å². The molecule has 3 rings (SSSR count). The predicted octanol–water partition coefficient (Wildman–Crippen LogP) is 2.81. The first-order chi connectivity index (χ1) is 7.25. The summed E-state index contributed by atoms with van der Waals surface area (Å²) >= 11 is 1.65. The molecule has 3 heteroatoms. The summed E-state index contributed by atoms with van der Waals surface area (Å²) in [5.74, 6) is 0.443. The van der Waals surface area contributed by atoms with E-state index in [9.17, 15) is 4.79 Å². The van der Waals surface area contributed by atoms with E-state index in [0.717, 1.165) is 29.7 Å². The molecule has 1 aromatic rings. The van der Waals surface area contributed by atoms with E-state index in [1.807, 2.05) is 18.4 Å². The molecule has 1 aromatic heterocycles. The van der Waals surface area contributed by atoms with Crippen molar-refractivity contribution in [2.75, 3.05) is 0 Å². The second-order valence-corrected chi connectivity index (χ2v) is 5.59. The smallest absolute Gasteiger partial charge is 0.169 e. The van der Waals surface area contributed by atoms with Crippen molar-refractivity contribution >= 4 is 17.1 Å². The quantitative estimate of drug-likeness (QED) is 0.719. The first-order valence-electron chi connectivity index (χ1n) is 5.49. The van der Waals surface area contributed by atoms with Crippen molar-refractivity contribution < 1.29 is 9.53 Å². The molecule has 0 spiro atoms. The molecule has 0 saturated carbocycles. The van der Waals surface area contributed by atoms with E-state index in [-0.39, 0.29) is 12.0 Å². The minimum Gasteiger partial charge on any atom is -0.374 e. The molecule has 80 valence electrons. The van der Waals surface area contributed by atoms with Gasteiger partial charge in [0, 0.05) is 10.4 Å². The summed E-state index contributed by atoms with van der Waals surface area (Å²) < 4.78 is 5.73. The predicted molar refractivity (Wildman–Crippen MR) is 59.4 cm³/mol. The highest BCUT2D eigenvalue weighted by Gasteiger charge is 2.44. The van der Waals surface area contributed by atoms with Gasteiger partial charge in [0.1, 0.15) is 0 Å². The molecule has 2 aliphatic rings. The minimum absolute atomic E-state index is 0.136. The van der Waals surface area contributed by atoms with Crippen LogP contribution < -0.4 is 0 Å². The van der Waals surface area contributed by atoms with Gasteiger partial charge in [-0.25, -0.2) is 0 Å². The minimum atomic E-state index is 0.136. The van der Waals surface area contributed by atoms with Crippen molar-refractivity contribution in [3.8, 4) is 0 Å². The van der Waals surface area contributed by atoms with E-state index in [0.29, 0.717) is 11.9 Å². The van der Waals surface area contributed by atoms with E-state index >= 15 is 0 Å². The van der Waals surface area contributed by atoms with Crippen molar-refractivity contribution in [2.45, 2.75) is 38.4 Å². The Balaban J connectivity index is 1.84. The Hall–Kier alpha value is -0.670. The molecule has 0 radical (unpaired) electrons. The average molecular weight is 222 g/mol. The number of aryl methyl sites for hydroxylation is 1. The van der Waals surface area contributed by atoms with Gasteiger partial charge in [0.05, 0.1) is 18.1 Å². The fraction of sp³-hybridized carbons (Fsp3) is 0.583. The number of rotatable bonds is 2. The van der Waals surface area contributed by atoms with Crippen LogP contribution in [-0.4, -0.2) is 18.0 Å². The van der Waals surface area contributed by atoms with Gasteiger partial charge in [-0.05, 0) is 37.6 Å². The van der Waals surface area contributed by atoms with Gasteiger partial charge in [0.25, 0.3) is 0 Å². The number of fused-ring (bicyclic) bond motifs is 2. The lowest BCUT2D eigenvalue weighted by atomic mass is 9.84. The Morgan fingerprint density at radius 1 is 1.53 bits per heavy atom. The number of thiophene rings is 1. The summed E-state index contributed by atoms with van der Waals surface area (Å²) in [5.41, 5.74) is 0.918. The van der Waals surface area contributed by atoms with E-state index in [4.69, 9.17) is 4.74 Å². The molecule has 2 bridgehead atoms. The highest BCUT2D eigenvalue weighted by molar-refractivity contribution is 7.10. The van der Waals surface area contributed by atoms with Crippen LogP contribution in [0, 0.1) is 12.8 Å². The Morgan fingerprint density at radius 3 is 2.93 bits per heavy atom. The van der Waals surface area contributed by atoms with Gasteiger partial charge >= 0.3 is 0 Å². The lowest BCUT2D eigenvalue weighted by molar-refractivity contribution is 0.0743. The molecule has 0 N–H and O–H groups in total. The van der Waals surface area contributed by atoms with Gasteiger partial charge in [0.15, 0.2) is 5.78 Å². The largest absolute Gasteiger partial charge is 0.374 e. The fourth-order valence-corrected chi connectivity index (χ4v) is 3.46. The summed E-state index contributed by atoms with van der Waals surface area (Å²) in [6.45, 7) is 2.02. The Bertz CT molecular complexity index is 396. The van der Waals surface area contributed by atoms with E-state index in [1.165, 1.54) is 0 Å². The van der Waals surface area contributed by atoms with Gasteiger partial charge in [-0.3, -0.25) is 4.79 Å². The van der Waals surface area contributed by atoms with Gasteiger partial charge in [-0.15, -0.1) is 11.3 Å². The zero-order chi connectivity index (χ0) is 10.4. The first kappa shape index (κ1) is 9.55. The third kappa shape index (κ3) is 1.45. The van der Waals surface area contributed by atoms with E-state index in [2.05, 4.69) is 0 Å².